The summed E-state index contributed by atoms with van der Waals surface area (Å²) in [6.45, 7) is 1.81. The Labute approximate surface area is 77.5 Å². The van der Waals surface area contributed by atoms with E-state index in [2.05, 4.69) is 0 Å². The molecule has 1 aromatic rings. The second kappa shape index (κ2) is 3.75. The number of pyridine rings is 1. The van der Waals surface area contributed by atoms with Crippen LogP contribution in [0.4, 0.5) is 0 Å². The first-order valence-corrected chi connectivity index (χ1v) is 2.84. The predicted molar refractivity (Wildman–Crippen MR) is 47.2 cm³/mol. The molecular formula is C7H10INO. The topological polar surface area (TPSA) is 26.9 Å². The van der Waals surface area contributed by atoms with E-state index >= 15 is 0 Å². The summed E-state index contributed by atoms with van der Waals surface area (Å²) in [5, 5.41) is 10.8. The van der Waals surface area contributed by atoms with Gasteiger partial charge in [-0.25, -0.2) is 4.57 Å². The van der Waals surface area contributed by atoms with Crippen LogP contribution in [-0.2, 0) is 7.05 Å². The Balaban J connectivity index is 0.000000810. The molecule has 0 aliphatic rings. The number of hydrogen-bond acceptors (Lipinski definition) is 1. The molecule has 0 saturated carbocycles. The van der Waals surface area contributed by atoms with Gasteiger partial charge in [-0.1, -0.05) is 6.07 Å². The SMILES string of the molecule is Cc1c([O-])ccc[n+]1C.I. The summed E-state index contributed by atoms with van der Waals surface area (Å²) in [7, 11) is 1.86. The third-order valence-corrected chi connectivity index (χ3v) is 1.44. The first-order chi connectivity index (χ1) is 4.22. The van der Waals surface area contributed by atoms with E-state index in [1.54, 1.807) is 12.1 Å². The van der Waals surface area contributed by atoms with Gasteiger partial charge in [0.25, 0.3) is 0 Å². The maximum atomic E-state index is 10.8. The zero-order chi connectivity index (χ0) is 6.85. The van der Waals surface area contributed by atoms with Crippen molar-refractivity contribution >= 4 is 24.0 Å². The van der Waals surface area contributed by atoms with Crippen molar-refractivity contribution in [1.82, 2.24) is 0 Å². The lowest BCUT2D eigenvalue weighted by Crippen LogP contribution is -2.31. The van der Waals surface area contributed by atoms with E-state index in [4.69, 9.17) is 0 Å². The molecule has 0 N–H and O–H groups in total. The lowest BCUT2D eigenvalue weighted by atomic mass is 10.3. The van der Waals surface area contributed by atoms with Gasteiger partial charge < -0.3 is 5.11 Å². The van der Waals surface area contributed by atoms with Gasteiger partial charge in [0.15, 0.2) is 11.9 Å². The number of hydrogen-bond donors (Lipinski definition) is 0. The van der Waals surface area contributed by atoms with Crippen LogP contribution in [0, 0.1) is 6.92 Å². The molecule has 0 spiro atoms. The molecule has 0 bridgehead atoms. The molecule has 1 rings (SSSR count). The molecule has 3 heteroatoms. The van der Waals surface area contributed by atoms with Gasteiger partial charge in [-0.15, -0.1) is 24.0 Å². The lowest BCUT2D eigenvalue weighted by Gasteiger charge is -2.04. The van der Waals surface area contributed by atoms with Crippen LogP contribution in [0.1, 0.15) is 5.69 Å². The second-order valence-corrected chi connectivity index (χ2v) is 2.07. The van der Waals surface area contributed by atoms with Crippen LogP contribution < -0.4 is 9.67 Å². The standard InChI is InChI=1S/C7H9NO.HI/c1-6-7(9)4-3-5-8(6)2;/h3-5H,1-2H3;1H. The summed E-state index contributed by atoms with van der Waals surface area (Å²) in [5.41, 5.74) is 0.775. The normalized spacial score (nSPS) is 8.60. The molecule has 0 atom stereocenters. The maximum absolute atomic E-state index is 10.8. The first-order valence-electron chi connectivity index (χ1n) is 2.84. The number of aryl methyl sites for hydroxylation is 1. The van der Waals surface area contributed by atoms with Gasteiger partial charge in [-0.3, -0.25) is 0 Å². The summed E-state index contributed by atoms with van der Waals surface area (Å²) in [4.78, 5) is 0. The van der Waals surface area contributed by atoms with Crippen molar-refractivity contribution in [2.24, 2.45) is 7.05 Å². The van der Waals surface area contributed by atoms with E-state index in [1.165, 1.54) is 0 Å². The van der Waals surface area contributed by atoms with Crippen molar-refractivity contribution in [2.45, 2.75) is 6.92 Å². The summed E-state index contributed by atoms with van der Waals surface area (Å²) in [5.74, 6) is 0.0972. The fourth-order valence-corrected chi connectivity index (χ4v) is 0.666. The Morgan fingerprint density at radius 3 is 2.50 bits per heavy atom. The lowest BCUT2D eigenvalue weighted by molar-refractivity contribution is -0.680. The Hall–Kier alpha value is -0.320. The zero-order valence-electron chi connectivity index (χ0n) is 6.00. The van der Waals surface area contributed by atoms with Crippen molar-refractivity contribution in [1.29, 1.82) is 0 Å². The number of aromatic nitrogens is 1. The van der Waals surface area contributed by atoms with Crippen LogP contribution >= 0.6 is 24.0 Å². The second-order valence-electron chi connectivity index (χ2n) is 2.07. The van der Waals surface area contributed by atoms with Crippen molar-refractivity contribution in [3.05, 3.63) is 24.0 Å². The van der Waals surface area contributed by atoms with Gasteiger partial charge in [0, 0.05) is 13.0 Å². The third-order valence-electron chi connectivity index (χ3n) is 1.44. The molecule has 0 saturated heterocycles. The minimum Gasteiger partial charge on any atom is -0.868 e. The molecule has 0 amide bonds. The summed E-state index contributed by atoms with van der Waals surface area (Å²) < 4.78 is 1.81. The van der Waals surface area contributed by atoms with Crippen LogP contribution in [0.15, 0.2) is 18.3 Å². The van der Waals surface area contributed by atoms with Gasteiger partial charge in [0.05, 0.1) is 0 Å². The van der Waals surface area contributed by atoms with E-state index in [9.17, 15) is 5.11 Å². The molecule has 0 fully saturated rings. The highest BCUT2D eigenvalue weighted by molar-refractivity contribution is 14.0. The van der Waals surface area contributed by atoms with Gasteiger partial charge in [-0.05, 0) is 5.75 Å². The molecule has 0 aliphatic carbocycles. The van der Waals surface area contributed by atoms with Crippen LogP contribution in [0.5, 0.6) is 5.75 Å². The van der Waals surface area contributed by atoms with Crippen LogP contribution in [0.2, 0.25) is 0 Å². The van der Waals surface area contributed by atoms with Crippen molar-refractivity contribution in [3.8, 4) is 5.75 Å². The average molecular weight is 251 g/mol. The van der Waals surface area contributed by atoms with Crippen LogP contribution in [0.25, 0.3) is 0 Å². The highest BCUT2D eigenvalue weighted by atomic mass is 127. The van der Waals surface area contributed by atoms with Crippen LogP contribution in [-0.4, -0.2) is 0 Å². The van der Waals surface area contributed by atoms with Crippen molar-refractivity contribution in [2.75, 3.05) is 0 Å². The number of rotatable bonds is 0. The highest BCUT2D eigenvalue weighted by Crippen LogP contribution is 2.02. The first kappa shape index (κ1) is 9.68. The molecule has 10 heavy (non-hydrogen) atoms. The summed E-state index contributed by atoms with van der Waals surface area (Å²) in [6.07, 6.45) is 1.86. The molecule has 2 nitrogen and oxygen atoms in total. The van der Waals surface area contributed by atoms with E-state index < -0.39 is 0 Å². The molecular weight excluding hydrogens is 241 g/mol. The Morgan fingerprint density at radius 1 is 1.50 bits per heavy atom. The summed E-state index contributed by atoms with van der Waals surface area (Å²) in [6, 6.07) is 3.31. The van der Waals surface area contributed by atoms with Gasteiger partial charge in [0.1, 0.15) is 7.05 Å². The van der Waals surface area contributed by atoms with E-state index in [0.717, 1.165) is 5.69 Å². The Bertz CT molecular complexity index is 205. The molecule has 1 aromatic heterocycles. The van der Waals surface area contributed by atoms with E-state index in [0.29, 0.717) is 0 Å². The molecule has 1 heterocycles. The fraction of sp³-hybridized carbons (Fsp3) is 0.286. The monoisotopic (exact) mass is 251 g/mol. The van der Waals surface area contributed by atoms with E-state index in [-0.39, 0.29) is 29.7 Å². The van der Waals surface area contributed by atoms with Crippen molar-refractivity contribution in [3.63, 3.8) is 0 Å². The average Bonchev–Trinajstić information content (AvgIpc) is 1.83. The molecule has 0 aliphatic heterocycles. The minimum atomic E-state index is 0. The smallest absolute Gasteiger partial charge is 0.170 e. The van der Waals surface area contributed by atoms with Crippen LogP contribution in [0.3, 0.4) is 0 Å². The molecule has 0 unspecified atom stereocenters. The minimum absolute atomic E-state index is 0. The Morgan fingerprint density at radius 2 is 2.10 bits per heavy atom. The predicted octanol–water partition coefficient (Wildman–Crippen LogP) is 0.511. The fourth-order valence-electron chi connectivity index (χ4n) is 0.666. The zero-order valence-corrected chi connectivity index (χ0v) is 8.33. The molecule has 56 valence electrons. The maximum Gasteiger partial charge on any atom is 0.170 e. The largest absolute Gasteiger partial charge is 0.868 e. The van der Waals surface area contributed by atoms with Gasteiger partial charge >= 0.3 is 0 Å². The molecule has 0 aromatic carbocycles. The Kier molecular flexibility index (Phi) is 3.63. The number of halogens is 1. The highest BCUT2D eigenvalue weighted by Gasteiger charge is 1.95. The van der Waals surface area contributed by atoms with E-state index in [1.807, 2.05) is 24.7 Å². The van der Waals surface area contributed by atoms with Gasteiger partial charge in [-0.2, -0.15) is 0 Å². The molecule has 0 radical (unpaired) electrons. The van der Waals surface area contributed by atoms with Gasteiger partial charge in [0.2, 0.25) is 0 Å². The third kappa shape index (κ3) is 1.83. The quantitative estimate of drug-likeness (QED) is 0.487. The number of nitrogens with zero attached hydrogens (tertiary/aromatic N) is 1. The summed E-state index contributed by atoms with van der Waals surface area (Å²) >= 11 is 0. The van der Waals surface area contributed by atoms with Crippen molar-refractivity contribution < 1.29 is 9.67 Å².